The number of fused-ring (bicyclic) bond motifs is 1. The molecule has 0 aliphatic carbocycles. The summed E-state index contributed by atoms with van der Waals surface area (Å²) in [5, 5.41) is 4.12. The van der Waals surface area contributed by atoms with Crippen LogP contribution in [0, 0.1) is 0 Å². The topological polar surface area (TPSA) is 95.1 Å². The summed E-state index contributed by atoms with van der Waals surface area (Å²) in [6.45, 7) is 4.22. The Labute approximate surface area is 100 Å². The van der Waals surface area contributed by atoms with Gasteiger partial charge in [-0.3, -0.25) is 0 Å². The molecule has 0 unspecified atom stereocenters. The standard InChI is InChI=1S/C11H18N6/c1-3-5-7-9-8(6-4-2)15-11(13)17(9)16-10(12)14-7/h3-6H2,1-2H3,(H2,12,16)(H2,13,15). The molecule has 17 heavy (non-hydrogen) atoms. The summed E-state index contributed by atoms with van der Waals surface area (Å²) < 4.78 is 1.61. The van der Waals surface area contributed by atoms with Crippen LogP contribution in [0.5, 0.6) is 0 Å². The van der Waals surface area contributed by atoms with Crippen molar-refractivity contribution in [1.29, 1.82) is 0 Å². The summed E-state index contributed by atoms with van der Waals surface area (Å²) in [6, 6.07) is 0. The maximum atomic E-state index is 5.85. The first-order valence-corrected chi connectivity index (χ1v) is 5.96. The zero-order chi connectivity index (χ0) is 12.4. The van der Waals surface area contributed by atoms with Crippen LogP contribution in [0.2, 0.25) is 0 Å². The van der Waals surface area contributed by atoms with E-state index < -0.39 is 0 Å². The van der Waals surface area contributed by atoms with E-state index in [1.807, 2.05) is 0 Å². The fourth-order valence-corrected chi connectivity index (χ4v) is 2.00. The molecule has 2 aromatic heterocycles. The zero-order valence-electron chi connectivity index (χ0n) is 10.3. The van der Waals surface area contributed by atoms with Crippen LogP contribution in [-0.4, -0.2) is 19.6 Å². The summed E-state index contributed by atoms with van der Waals surface area (Å²) in [6.07, 6.45) is 3.76. The summed E-state index contributed by atoms with van der Waals surface area (Å²) in [5.74, 6) is 0.628. The second kappa shape index (κ2) is 4.57. The number of hydrogen-bond donors (Lipinski definition) is 2. The van der Waals surface area contributed by atoms with Crippen LogP contribution in [0.4, 0.5) is 11.9 Å². The molecule has 0 atom stereocenters. The van der Waals surface area contributed by atoms with Gasteiger partial charge in [-0.05, 0) is 12.8 Å². The average Bonchev–Trinajstić information content (AvgIpc) is 2.57. The Balaban J connectivity index is 2.68. The highest BCUT2D eigenvalue weighted by molar-refractivity contribution is 5.61. The Kier molecular flexibility index (Phi) is 3.12. The van der Waals surface area contributed by atoms with E-state index in [1.165, 1.54) is 0 Å². The van der Waals surface area contributed by atoms with Crippen molar-refractivity contribution in [2.45, 2.75) is 39.5 Å². The van der Waals surface area contributed by atoms with Gasteiger partial charge in [0.2, 0.25) is 11.9 Å². The predicted octanol–water partition coefficient (Wildman–Crippen LogP) is 1.19. The molecule has 0 fully saturated rings. The summed E-state index contributed by atoms with van der Waals surface area (Å²) >= 11 is 0. The molecule has 2 rings (SSSR count). The van der Waals surface area contributed by atoms with Crippen molar-refractivity contribution in [2.24, 2.45) is 0 Å². The number of hydrogen-bond acceptors (Lipinski definition) is 5. The number of anilines is 2. The largest absolute Gasteiger partial charge is 0.368 e. The maximum Gasteiger partial charge on any atom is 0.238 e. The second-order valence-corrected chi connectivity index (χ2v) is 4.09. The SMILES string of the molecule is CCCc1nc(N)nn2c(N)nc(CCC)c12. The molecular weight excluding hydrogens is 216 g/mol. The van der Waals surface area contributed by atoms with Gasteiger partial charge >= 0.3 is 0 Å². The minimum Gasteiger partial charge on any atom is -0.368 e. The zero-order valence-corrected chi connectivity index (χ0v) is 10.3. The normalized spacial score (nSPS) is 11.2. The molecule has 0 spiro atoms. The van der Waals surface area contributed by atoms with E-state index in [0.717, 1.165) is 42.6 Å². The Morgan fingerprint density at radius 3 is 2.18 bits per heavy atom. The monoisotopic (exact) mass is 234 g/mol. The Morgan fingerprint density at radius 1 is 1.00 bits per heavy atom. The van der Waals surface area contributed by atoms with Crippen LogP contribution in [-0.2, 0) is 12.8 Å². The minimum atomic E-state index is 0.244. The number of imidazole rings is 1. The van der Waals surface area contributed by atoms with Gasteiger partial charge in [0.1, 0.15) is 5.52 Å². The third kappa shape index (κ3) is 2.02. The van der Waals surface area contributed by atoms with Gasteiger partial charge in [-0.15, -0.1) is 5.10 Å². The lowest BCUT2D eigenvalue weighted by atomic mass is 10.1. The number of nitrogens with two attached hydrogens (primary N) is 2. The molecule has 0 radical (unpaired) electrons. The van der Waals surface area contributed by atoms with Crippen molar-refractivity contribution in [3.05, 3.63) is 11.4 Å². The first-order valence-electron chi connectivity index (χ1n) is 5.96. The van der Waals surface area contributed by atoms with Gasteiger partial charge < -0.3 is 11.5 Å². The van der Waals surface area contributed by atoms with Crippen LogP contribution in [0.1, 0.15) is 38.1 Å². The third-order valence-electron chi connectivity index (χ3n) is 2.65. The van der Waals surface area contributed by atoms with Crippen molar-refractivity contribution in [3.8, 4) is 0 Å². The first-order chi connectivity index (χ1) is 8.17. The minimum absolute atomic E-state index is 0.244. The third-order valence-corrected chi connectivity index (χ3v) is 2.65. The van der Waals surface area contributed by atoms with Crippen LogP contribution in [0.15, 0.2) is 0 Å². The molecule has 0 aliphatic heterocycles. The van der Waals surface area contributed by atoms with Crippen molar-refractivity contribution in [2.75, 3.05) is 11.5 Å². The Morgan fingerprint density at radius 2 is 1.59 bits per heavy atom. The van der Waals surface area contributed by atoms with Crippen molar-refractivity contribution < 1.29 is 0 Å². The number of aryl methyl sites for hydroxylation is 2. The molecule has 0 amide bonds. The summed E-state index contributed by atoms with van der Waals surface area (Å²) in [7, 11) is 0. The van der Waals surface area contributed by atoms with Gasteiger partial charge in [0, 0.05) is 0 Å². The van der Waals surface area contributed by atoms with Gasteiger partial charge in [-0.2, -0.15) is 4.52 Å². The molecule has 0 saturated heterocycles. The summed E-state index contributed by atoms with van der Waals surface area (Å²) in [4.78, 5) is 8.64. The van der Waals surface area contributed by atoms with Gasteiger partial charge in [0.15, 0.2) is 0 Å². The lowest BCUT2D eigenvalue weighted by Crippen LogP contribution is -2.08. The van der Waals surface area contributed by atoms with Gasteiger partial charge in [-0.1, -0.05) is 26.7 Å². The molecule has 0 bridgehead atoms. The molecule has 6 nitrogen and oxygen atoms in total. The molecule has 0 aromatic carbocycles. The second-order valence-electron chi connectivity index (χ2n) is 4.09. The Hall–Kier alpha value is -1.85. The van der Waals surface area contributed by atoms with Crippen molar-refractivity contribution >= 4 is 17.4 Å². The molecule has 4 N–H and O–H groups in total. The number of nitrogens with zero attached hydrogens (tertiary/aromatic N) is 4. The molecule has 6 heteroatoms. The van der Waals surface area contributed by atoms with E-state index in [9.17, 15) is 0 Å². The molecule has 0 saturated carbocycles. The van der Waals surface area contributed by atoms with Gasteiger partial charge in [0.25, 0.3) is 0 Å². The number of aromatic nitrogens is 4. The molecule has 2 aromatic rings. The van der Waals surface area contributed by atoms with E-state index in [2.05, 4.69) is 28.9 Å². The molecule has 92 valence electrons. The fourth-order valence-electron chi connectivity index (χ4n) is 2.00. The van der Waals surface area contributed by atoms with Crippen molar-refractivity contribution in [1.82, 2.24) is 19.6 Å². The van der Waals surface area contributed by atoms with E-state index >= 15 is 0 Å². The molecule has 0 aliphatic rings. The lowest BCUT2D eigenvalue weighted by molar-refractivity contribution is 0.833. The highest BCUT2D eigenvalue weighted by atomic mass is 15.3. The van der Waals surface area contributed by atoms with E-state index in [-0.39, 0.29) is 5.95 Å². The smallest absolute Gasteiger partial charge is 0.238 e. The van der Waals surface area contributed by atoms with E-state index in [4.69, 9.17) is 11.5 Å². The van der Waals surface area contributed by atoms with E-state index in [1.54, 1.807) is 4.52 Å². The average molecular weight is 234 g/mol. The lowest BCUT2D eigenvalue weighted by Gasteiger charge is -2.04. The summed E-state index contributed by atoms with van der Waals surface area (Å²) in [5.41, 5.74) is 14.4. The first kappa shape index (κ1) is 11.6. The van der Waals surface area contributed by atoms with Crippen LogP contribution < -0.4 is 11.5 Å². The fraction of sp³-hybridized carbons (Fsp3) is 0.545. The number of rotatable bonds is 4. The van der Waals surface area contributed by atoms with Crippen LogP contribution in [0.25, 0.3) is 5.52 Å². The Bertz CT molecular complexity index is 530. The molecule has 2 heterocycles. The number of nitrogen functional groups attached to an aromatic ring is 2. The quantitative estimate of drug-likeness (QED) is 0.828. The van der Waals surface area contributed by atoms with Gasteiger partial charge in [-0.25, -0.2) is 9.97 Å². The highest BCUT2D eigenvalue weighted by Crippen LogP contribution is 2.20. The predicted molar refractivity (Wildman–Crippen MR) is 67.6 cm³/mol. The van der Waals surface area contributed by atoms with E-state index in [0.29, 0.717) is 5.95 Å². The highest BCUT2D eigenvalue weighted by Gasteiger charge is 2.15. The maximum absolute atomic E-state index is 5.85. The van der Waals surface area contributed by atoms with Crippen LogP contribution in [0.3, 0.4) is 0 Å². The van der Waals surface area contributed by atoms with Crippen molar-refractivity contribution in [3.63, 3.8) is 0 Å². The van der Waals surface area contributed by atoms with Crippen LogP contribution >= 0.6 is 0 Å². The van der Waals surface area contributed by atoms with Gasteiger partial charge in [0.05, 0.1) is 11.4 Å². The molecular formula is C11H18N6.